The molecule has 1 saturated heterocycles. The summed E-state index contributed by atoms with van der Waals surface area (Å²) in [6.07, 6.45) is 0. The maximum absolute atomic E-state index is 11.9. The number of rotatable bonds is 3. The first-order chi connectivity index (χ1) is 10.5. The molecule has 0 spiro atoms. The molecule has 0 aliphatic carbocycles. The highest BCUT2D eigenvalue weighted by molar-refractivity contribution is 6.04. The first-order valence-corrected chi connectivity index (χ1v) is 6.42. The van der Waals surface area contributed by atoms with Gasteiger partial charge in [-0.05, 0) is 12.1 Å². The molecule has 1 aliphatic rings. The van der Waals surface area contributed by atoms with Crippen molar-refractivity contribution in [1.29, 1.82) is 0 Å². The van der Waals surface area contributed by atoms with Crippen LogP contribution in [-0.2, 0) is 9.59 Å². The van der Waals surface area contributed by atoms with Gasteiger partial charge >= 0.3 is 5.97 Å². The second-order valence-corrected chi connectivity index (χ2v) is 4.69. The minimum absolute atomic E-state index is 0.0471. The Bertz CT molecular complexity index is 767. The molecule has 8 nitrogen and oxygen atoms in total. The quantitative estimate of drug-likeness (QED) is 0.853. The van der Waals surface area contributed by atoms with E-state index in [4.69, 9.17) is 9.63 Å². The Morgan fingerprint density at radius 1 is 1.32 bits per heavy atom. The van der Waals surface area contributed by atoms with Crippen LogP contribution < -0.4 is 10.2 Å². The molecule has 1 aliphatic heterocycles. The van der Waals surface area contributed by atoms with Crippen molar-refractivity contribution in [1.82, 2.24) is 10.5 Å². The molecule has 2 amide bonds. The van der Waals surface area contributed by atoms with E-state index in [0.29, 0.717) is 11.3 Å². The van der Waals surface area contributed by atoms with E-state index in [9.17, 15) is 14.4 Å². The third-order valence-corrected chi connectivity index (χ3v) is 3.21. The molecule has 0 radical (unpaired) electrons. The first kappa shape index (κ1) is 13.8. The lowest BCUT2D eigenvalue weighted by Crippen LogP contribution is -2.51. The van der Waals surface area contributed by atoms with Crippen LogP contribution >= 0.6 is 0 Å². The lowest BCUT2D eigenvalue weighted by molar-refractivity contribution is -0.128. The van der Waals surface area contributed by atoms with Crippen LogP contribution in [0.4, 0.5) is 5.69 Å². The molecule has 1 aromatic heterocycles. The van der Waals surface area contributed by atoms with Gasteiger partial charge in [0.15, 0.2) is 11.5 Å². The van der Waals surface area contributed by atoms with Crippen LogP contribution in [-0.4, -0.2) is 41.1 Å². The molecule has 22 heavy (non-hydrogen) atoms. The zero-order chi connectivity index (χ0) is 15.7. The van der Waals surface area contributed by atoms with E-state index in [0.717, 1.165) is 0 Å². The number of hydrogen-bond donors (Lipinski definition) is 2. The molecule has 0 unspecified atom stereocenters. The summed E-state index contributed by atoms with van der Waals surface area (Å²) < 4.78 is 4.99. The van der Waals surface area contributed by atoms with Crippen molar-refractivity contribution in [3.8, 4) is 11.3 Å². The number of aromatic nitrogens is 1. The van der Waals surface area contributed by atoms with Gasteiger partial charge in [0.2, 0.25) is 11.8 Å². The van der Waals surface area contributed by atoms with Crippen LogP contribution in [0.2, 0.25) is 0 Å². The fraction of sp³-hybridized carbons (Fsp3) is 0.143. The van der Waals surface area contributed by atoms with E-state index < -0.39 is 5.97 Å². The monoisotopic (exact) mass is 301 g/mol. The van der Waals surface area contributed by atoms with Gasteiger partial charge in [-0.2, -0.15) is 0 Å². The molecule has 0 bridgehead atoms. The zero-order valence-electron chi connectivity index (χ0n) is 11.3. The molecular weight excluding hydrogens is 290 g/mol. The maximum atomic E-state index is 11.9. The molecular formula is C14H11N3O5. The van der Waals surface area contributed by atoms with Crippen LogP contribution in [0.5, 0.6) is 0 Å². The van der Waals surface area contributed by atoms with Crippen LogP contribution in [0.15, 0.2) is 34.9 Å². The van der Waals surface area contributed by atoms with Crippen LogP contribution in [0.1, 0.15) is 10.5 Å². The topological polar surface area (TPSA) is 113 Å². The molecule has 1 fully saturated rings. The molecule has 0 saturated carbocycles. The fourth-order valence-electron chi connectivity index (χ4n) is 2.13. The van der Waals surface area contributed by atoms with Gasteiger partial charge in [0.05, 0.1) is 6.54 Å². The highest BCUT2D eigenvalue weighted by atomic mass is 16.5. The number of aromatic carboxylic acids is 1. The molecule has 2 N–H and O–H groups in total. The Morgan fingerprint density at radius 2 is 2.14 bits per heavy atom. The second kappa shape index (κ2) is 5.32. The third kappa shape index (κ3) is 2.53. The third-order valence-electron chi connectivity index (χ3n) is 3.21. The van der Waals surface area contributed by atoms with Gasteiger partial charge in [-0.15, -0.1) is 0 Å². The standard InChI is InChI=1S/C14H11N3O5/c18-12-7-17(13(19)6-15-12)9-3-1-2-8(4-9)11-5-10(14(20)21)16-22-11/h1-5H,6-7H2,(H,15,18)(H,20,21). The summed E-state index contributed by atoms with van der Waals surface area (Å²) in [5, 5.41) is 14.8. The average Bonchev–Trinajstić information content (AvgIpc) is 3.00. The molecule has 2 aromatic rings. The predicted octanol–water partition coefficient (Wildman–Crippen LogP) is 0.503. The summed E-state index contributed by atoms with van der Waals surface area (Å²) >= 11 is 0. The van der Waals surface area contributed by atoms with E-state index in [1.165, 1.54) is 11.0 Å². The van der Waals surface area contributed by atoms with Crippen LogP contribution in [0.3, 0.4) is 0 Å². The summed E-state index contributed by atoms with van der Waals surface area (Å²) in [7, 11) is 0. The Morgan fingerprint density at radius 3 is 2.86 bits per heavy atom. The van der Waals surface area contributed by atoms with Gasteiger partial charge in [-0.1, -0.05) is 17.3 Å². The number of carboxylic acid groups (broad SMARTS) is 1. The van der Waals surface area contributed by atoms with Gasteiger partial charge in [0, 0.05) is 17.3 Å². The number of hydrogen-bond acceptors (Lipinski definition) is 5. The number of carbonyl (C=O) groups is 3. The van der Waals surface area contributed by atoms with Crippen molar-refractivity contribution in [2.75, 3.05) is 18.0 Å². The number of benzene rings is 1. The van der Waals surface area contributed by atoms with Crippen molar-refractivity contribution < 1.29 is 24.0 Å². The van der Waals surface area contributed by atoms with E-state index in [1.807, 2.05) is 0 Å². The first-order valence-electron chi connectivity index (χ1n) is 6.42. The predicted molar refractivity (Wildman–Crippen MR) is 74.3 cm³/mol. The SMILES string of the molecule is O=C1CN(c2cccc(-c3cc(C(=O)O)no3)c2)C(=O)CN1. The lowest BCUT2D eigenvalue weighted by Gasteiger charge is -2.26. The maximum Gasteiger partial charge on any atom is 0.358 e. The van der Waals surface area contributed by atoms with Crippen molar-refractivity contribution in [3.05, 3.63) is 36.0 Å². The highest BCUT2D eigenvalue weighted by Crippen LogP contribution is 2.26. The van der Waals surface area contributed by atoms with E-state index in [1.54, 1.807) is 24.3 Å². The van der Waals surface area contributed by atoms with Gasteiger partial charge in [-0.25, -0.2) is 4.79 Å². The Labute approximate surface area is 124 Å². The molecule has 2 heterocycles. The fourth-order valence-corrected chi connectivity index (χ4v) is 2.13. The summed E-state index contributed by atoms with van der Waals surface area (Å²) in [5.41, 5.74) is 0.899. The zero-order valence-corrected chi connectivity index (χ0v) is 11.3. The van der Waals surface area contributed by atoms with Crippen molar-refractivity contribution in [2.45, 2.75) is 0 Å². The number of piperazine rings is 1. The van der Waals surface area contributed by atoms with Crippen molar-refractivity contribution >= 4 is 23.5 Å². The largest absolute Gasteiger partial charge is 0.476 e. The summed E-state index contributed by atoms with van der Waals surface area (Å²) in [6.45, 7) is -0.104. The molecule has 112 valence electrons. The number of nitrogens with one attached hydrogen (secondary N) is 1. The molecule has 0 atom stereocenters. The number of nitrogens with zero attached hydrogens (tertiary/aromatic N) is 2. The van der Waals surface area contributed by atoms with E-state index >= 15 is 0 Å². The van der Waals surface area contributed by atoms with Gasteiger partial charge in [0.25, 0.3) is 0 Å². The average molecular weight is 301 g/mol. The summed E-state index contributed by atoms with van der Waals surface area (Å²) in [5.74, 6) is -1.37. The smallest absolute Gasteiger partial charge is 0.358 e. The Hall–Kier alpha value is -3.16. The summed E-state index contributed by atoms with van der Waals surface area (Å²) in [4.78, 5) is 35.5. The normalized spacial score (nSPS) is 14.8. The summed E-state index contributed by atoms with van der Waals surface area (Å²) in [6, 6.07) is 8.01. The molecule has 1 aromatic carbocycles. The molecule has 3 rings (SSSR count). The second-order valence-electron chi connectivity index (χ2n) is 4.69. The minimum atomic E-state index is -1.19. The number of amides is 2. The van der Waals surface area contributed by atoms with Gasteiger partial charge < -0.3 is 19.8 Å². The van der Waals surface area contributed by atoms with E-state index in [2.05, 4.69) is 10.5 Å². The number of carboxylic acids is 1. The number of anilines is 1. The minimum Gasteiger partial charge on any atom is -0.476 e. The highest BCUT2D eigenvalue weighted by Gasteiger charge is 2.24. The van der Waals surface area contributed by atoms with Gasteiger partial charge in [0.1, 0.15) is 6.54 Å². The number of carbonyl (C=O) groups excluding carboxylic acids is 2. The van der Waals surface area contributed by atoms with Crippen molar-refractivity contribution in [2.24, 2.45) is 0 Å². The van der Waals surface area contributed by atoms with E-state index in [-0.39, 0.29) is 36.4 Å². The van der Waals surface area contributed by atoms with Gasteiger partial charge in [-0.3, -0.25) is 9.59 Å². The lowest BCUT2D eigenvalue weighted by atomic mass is 10.1. The molecule has 8 heteroatoms. The Kier molecular flexibility index (Phi) is 3.34. The van der Waals surface area contributed by atoms with Crippen molar-refractivity contribution in [3.63, 3.8) is 0 Å². The Balaban J connectivity index is 1.93. The van der Waals surface area contributed by atoms with Crippen LogP contribution in [0, 0.1) is 0 Å². The van der Waals surface area contributed by atoms with Crippen LogP contribution in [0.25, 0.3) is 11.3 Å².